The van der Waals surface area contributed by atoms with Gasteiger partial charge in [0.05, 0.1) is 5.69 Å². The molecule has 6 heteroatoms. The van der Waals surface area contributed by atoms with Crippen LogP contribution >= 0.6 is 0 Å². The van der Waals surface area contributed by atoms with Crippen LogP contribution in [0.1, 0.15) is 22.5 Å². The van der Waals surface area contributed by atoms with E-state index in [9.17, 15) is 9.18 Å². The molecule has 0 bridgehead atoms. The first-order chi connectivity index (χ1) is 12.7. The quantitative estimate of drug-likeness (QED) is 0.637. The summed E-state index contributed by atoms with van der Waals surface area (Å²) in [5.74, 6) is -0.311. The predicted octanol–water partition coefficient (Wildman–Crippen LogP) is 3.72. The molecule has 0 unspecified atom stereocenters. The minimum absolute atomic E-state index is 0.235. The highest BCUT2D eigenvalue weighted by Crippen LogP contribution is 2.17. The molecule has 3 rings (SSSR count). The zero-order chi connectivity index (χ0) is 18.2. The largest absolute Gasteiger partial charge is 0.351 e. The molecule has 0 radical (unpaired) electrons. The Balaban J connectivity index is 1.54. The fraction of sp³-hybridized carbons (Fsp3) is 0.150. The number of nitrogens with zero attached hydrogens (tertiary/aromatic N) is 2. The van der Waals surface area contributed by atoms with Crippen LogP contribution in [-0.4, -0.2) is 22.4 Å². The number of anilines is 2. The van der Waals surface area contributed by atoms with Gasteiger partial charge in [-0.25, -0.2) is 14.4 Å². The molecule has 0 aliphatic carbocycles. The van der Waals surface area contributed by atoms with E-state index in [1.54, 1.807) is 18.2 Å². The lowest BCUT2D eigenvalue weighted by atomic mass is 10.1. The van der Waals surface area contributed by atoms with Gasteiger partial charge in [0.25, 0.3) is 5.91 Å². The van der Waals surface area contributed by atoms with Gasteiger partial charge in [-0.2, -0.15) is 0 Å². The number of carbonyl (C=O) groups is 1. The first-order valence-electron chi connectivity index (χ1n) is 8.38. The van der Waals surface area contributed by atoms with Gasteiger partial charge in [0.2, 0.25) is 0 Å². The monoisotopic (exact) mass is 350 g/mol. The second-order valence-electron chi connectivity index (χ2n) is 5.74. The van der Waals surface area contributed by atoms with E-state index in [-0.39, 0.29) is 11.6 Å². The Hall–Kier alpha value is -3.28. The fourth-order valence-corrected chi connectivity index (χ4v) is 2.48. The van der Waals surface area contributed by atoms with Crippen LogP contribution in [-0.2, 0) is 6.42 Å². The van der Waals surface area contributed by atoms with Gasteiger partial charge < -0.3 is 10.6 Å². The summed E-state index contributed by atoms with van der Waals surface area (Å²) in [7, 11) is 0. The van der Waals surface area contributed by atoms with Crippen molar-refractivity contribution in [2.75, 3.05) is 11.9 Å². The average Bonchev–Trinajstić information content (AvgIpc) is 2.68. The summed E-state index contributed by atoms with van der Waals surface area (Å²) in [4.78, 5) is 20.2. The maximum atomic E-state index is 13.7. The lowest BCUT2D eigenvalue weighted by Crippen LogP contribution is -2.25. The van der Waals surface area contributed by atoms with Crippen molar-refractivity contribution in [3.63, 3.8) is 0 Å². The van der Waals surface area contributed by atoms with E-state index >= 15 is 0 Å². The number of nitrogens with one attached hydrogen (secondary N) is 2. The average molecular weight is 350 g/mol. The minimum Gasteiger partial charge on any atom is -0.351 e. The molecule has 3 aromatic rings. The number of carbonyl (C=O) groups excluding carboxylic acids is 1. The number of aryl methyl sites for hydroxylation is 1. The fourth-order valence-electron chi connectivity index (χ4n) is 2.48. The van der Waals surface area contributed by atoms with Gasteiger partial charge in [0.1, 0.15) is 23.7 Å². The zero-order valence-electron chi connectivity index (χ0n) is 14.2. The summed E-state index contributed by atoms with van der Waals surface area (Å²) < 4.78 is 13.7. The number of amides is 1. The Kier molecular flexibility index (Phi) is 5.88. The topological polar surface area (TPSA) is 66.9 Å². The van der Waals surface area contributed by atoms with E-state index in [4.69, 9.17) is 0 Å². The molecule has 1 amide bonds. The van der Waals surface area contributed by atoms with Crippen molar-refractivity contribution >= 4 is 17.4 Å². The second-order valence-corrected chi connectivity index (χ2v) is 5.74. The van der Waals surface area contributed by atoms with Crippen LogP contribution in [0, 0.1) is 5.82 Å². The maximum Gasteiger partial charge on any atom is 0.270 e. The molecule has 0 spiro atoms. The summed E-state index contributed by atoms with van der Waals surface area (Å²) >= 11 is 0. The molecule has 0 saturated carbocycles. The molecule has 2 N–H and O–H groups in total. The van der Waals surface area contributed by atoms with Crippen LogP contribution in [0.2, 0.25) is 0 Å². The molecule has 2 aromatic carbocycles. The lowest BCUT2D eigenvalue weighted by molar-refractivity contribution is 0.0948. The lowest BCUT2D eigenvalue weighted by Gasteiger charge is -2.08. The Bertz CT molecular complexity index is 870. The Morgan fingerprint density at radius 2 is 1.77 bits per heavy atom. The van der Waals surface area contributed by atoms with Crippen LogP contribution < -0.4 is 10.6 Å². The number of hydrogen-bond acceptors (Lipinski definition) is 4. The zero-order valence-corrected chi connectivity index (χ0v) is 14.2. The smallest absolute Gasteiger partial charge is 0.270 e. The number of rotatable bonds is 7. The molecule has 0 atom stereocenters. The molecule has 132 valence electrons. The van der Waals surface area contributed by atoms with Crippen LogP contribution in [0.5, 0.6) is 0 Å². The Morgan fingerprint density at radius 1 is 1.00 bits per heavy atom. The van der Waals surface area contributed by atoms with E-state index < -0.39 is 5.82 Å². The van der Waals surface area contributed by atoms with E-state index in [0.29, 0.717) is 18.1 Å². The number of halogens is 1. The van der Waals surface area contributed by atoms with E-state index in [1.165, 1.54) is 24.0 Å². The maximum absolute atomic E-state index is 13.7. The van der Waals surface area contributed by atoms with Crippen molar-refractivity contribution < 1.29 is 9.18 Å². The van der Waals surface area contributed by atoms with Crippen molar-refractivity contribution in [3.05, 3.63) is 84.1 Å². The van der Waals surface area contributed by atoms with Gasteiger partial charge in [-0.05, 0) is 30.5 Å². The molecule has 1 heterocycles. The summed E-state index contributed by atoms with van der Waals surface area (Å²) in [6.45, 7) is 0.549. The second kappa shape index (κ2) is 8.71. The summed E-state index contributed by atoms with van der Waals surface area (Å²) in [6, 6.07) is 17.9. The van der Waals surface area contributed by atoms with Crippen LogP contribution in [0.4, 0.5) is 15.9 Å². The standard InChI is InChI=1S/C20H19FN4O/c21-16-10-4-5-11-17(16)25-19-13-18(23-14-24-19)20(26)22-12-6-9-15-7-2-1-3-8-15/h1-5,7-8,10-11,13-14H,6,9,12H2,(H,22,26)(H,23,24,25). The van der Waals surface area contributed by atoms with Gasteiger partial charge in [-0.3, -0.25) is 4.79 Å². The molecule has 5 nitrogen and oxygen atoms in total. The van der Waals surface area contributed by atoms with Crippen LogP contribution in [0.15, 0.2) is 67.0 Å². The van der Waals surface area contributed by atoms with Gasteiger partial charge in [0, 0.05) is 12.6 Å². The third-order valence-corrected chi connectivity index (χ3v) is 3.81. The van der Waals surface area contributed by atoms with E-state index in [2.05, 4.69) is 32.7 Å². The first kappa shape index (κ1) is 17.5. The summed E-state index contributed by atoms with van der Waals surface area (Å²) in [6.07, 6.45) is 3.01. The number of para-hydroxylation sites is 1. The molecule has 0 aliphatic rings. The van der Waals surface area contributed by atoms with Crippen LogP contribution in [0.25, 0.3) is 0 Å². The molecule has 1 aromatic heterocycles. The third kappa shape index (κ3) is 4.86. The Morgan fingerprint density at radius 3 is 2.58 bits per heavy atom. The molecular weight excluding hydrogens is 331 g/mol. The van der Waals surface area contributed by atoms with Crippen LogP contribution in [0.3, 0.4) is 0 Å². The number of aromatic nitrogens is 2. The molecular formula is C20H19FN4O. The number of benzene rings is 2. The highest BCUT2D eigenvalue weighted by Gasteiger charge is 2.09. The van der Waals surface area contributed by atoms with Crippen molar-refractivity contribution in [2.24, 2.45) is 0 Å². The van der Waals surface area contributed by atoms with E-state index in [1.807, 2.05) is 18.2 Å². The third-order valence-electron chi connectivity index (χ3n) is 3.81. The van der Waals surface area contributed by atoms with Crippen molar-refractivity contribution in [1.82, 2.24) is 15.3 Å². The van der Waals surface area contributed by atoms with Gasteiger partial charge in [-0.15, -0.1) is 0 Å². The van der Waals surface area contributed by atoms with E-state index in [0.717, 1.165) is 12.8 Å². The van der Waals surface area contributed by atoms with Crippen molar-refractivity contribution in [2.45, 2.75) is 12.8 Å². The van der Waals surface area contributed by atoms with Crippen molar-refractivity contribution in [1.29, 1.82) is 0 Å². The minimum atomic E-state index is -0.391. The van der Waals surface area contributed by atoms with Crippen molar-refractivity contribution in [3.8, 4) is 0 Å². The summed E-state index contributed by atoms with van der Waals surface area (Å²) in [5, 5.41) is 5.69. The Labute approximate surface area is 151 Å². The number of hydrogen-bond donors (Lipinski definition) is 2. The summed E-state index contributed by atoms with van der Waals surface area (Å²) in [5.41, 5.74) is 1.76. The predicted molar refractivity (Wildman–Crippen MR) is 98.8 cm³/mol. The first-order valence-corrected chi connectivity index (χ1v) is 8.38. The van der Waals surface area contributed by atoms with Gasteiger partial charge in [-0.1, -0.05) is 42.5 Å². The molecule has 0 aliphatic heterocycles. The molecule has 0 fully saturated rings. The molecule has 0 saturated heterocycles. The normalized spacial score (nSPS) is 10.3. The molecule has 26 heavy (non-hydrogen) atoms. The van der Waals surface area contributed by atoms with Gasteiger partial charge in [0.15, 0.2) is 0 Å². The highest BCUT2D eigenvalue weighted by atomic mass is 19.1. The highest BCUT2D eigenvalue weighted by molar-refractivity contribution is 5.92. The van der Waals surface area contributed by atoms with Gasteiger partial charge >= 0.3 is 0 Å². The SMILES string of the molecule is O=C(NCCCc1ccccc1)c1cc(Nc2ccccc2F)ncn1.